The van der Waals surface area contributed by atoms with Crippen LogP contribution in [0.5, 0.6) is 11.5 Å². The number of nitrogens with zero attached hydrogens (tertiary/aromatic N) is 4. The van der Waals surface area contributed by atoms with Gasteiger partial charge in [0.05, 0.1) is 25.6 Å². The number of amides is 1. The van der Waals surface area contributed by atoms with Crippen molar-refractivity contribution in [2.45, 2.75) is 19.4 Å². The molecule has 0 saturated heterocycles. The molecule has 180 valence electrons. The van der Waals surface area contributed by atoms with Crippen molar-refractivity contribution >= 4 is 17.2 Å². The topological polar surface area (TPSA) is 108 Å². The zero-order valence-electron chi connectivity index (χ0n) is 19.6. The summed E-state index contributed by atoms with van der Waals surface area (Å²) in [6.45, 7) is 2.03. The SMILES string of the molecule is COc1ccc(-c2nc(CCNC(=O)C(C)n3nc(-c4cccnc4)ccc3=O)cs2)cc1OC. The van der Waals surface area contributed by atoms with Crippen molar-refractivity contribution in [3.05, 3.63) is 76.3 Å². The number of benzene rings is 1. The quantitative estimate of drug-likeness (QED) is 0.382. The van der Waals surface area contributed by atoms with Crippen LogP contribution in [0.25, 0.3) is 21.8 Å². The van der Waals surface area contributed by atoms with Crippen LogP contribution in [0.3, 0.4) is 0 Å². The standard InChI is InChI=1S/C25H25N5O4S/c1-16(30-23(31)9-7-20(29-30)18-5-4-11-26-14-18)24(32)27-12-10-19-15-35-25(28-19)17-6-8-21(33-2)22(13-17)34-3/h4-9,11,13-16H,10,12H2,1-3H3,(H,27,32). The van der Waals surface area contributed by atoms with Gasteiger partial charge in [0.25, 0.3) is 5.56 Å². The highest BCUT2D eigenvalue weighted by atomic mass is 32.1. The Morgan fingerprint density at radius 3 is 2.69 bits per heavy atom. The van der Waals surface area contributed by atoms with Gasteiger partial charge in [0.2, 0.25) is 5.91 Å². The zero-order valence-corrected chi connectivity index (χ0v) is 20.4. The second-order valence-corrected chi connectivity index (χ2v) is 8.53. The molecule has 35 heavy (non-hydrogen) atoms. The van der Waals surface area contributed by atoms with Crippen molar-refractivity contribution in [1.82, 2.24) is 25.1 Å². The fourth-order valence-electron chi connectivity index (χ4n) is 3.47. The van der Waals surface area contributed by atoms with E-state index < -0.39 is 6.04 Å². The van der Waals surface area contributed by atoms with Crippen LogP contribution < -0.4 is 20.3 Å². The van der Waals surface area contributed by atoms with Crippen LogP contribution in [0.4, 0.5) is 0 Å². The molecule has 1 N–H and O–H groups in total. The first-order valence-electron chi connectivity index (χ1n) is 10.9. The minimum absolute atomic E-state index is 0.293. The Labute approximate surface area is 206 Å². The van der Waals surface area contributed by atoms with E-state index in [0.717, 1.165) is 21.8 Å². The number of nitrogens with one attached hydrogen (secondary N) is 1. The summed E-state index contributed by atoms with van der Waals surface area (Å²) in [4.78, 5) is 33.8. The molecule has 4 aromatic rings. The summed E-state index contributed by atoms with van der Waals surface area (Å²) < 4.78 is 11.8. The van der Waals surface area contributed by atoms with Gasteiger partial charge in [-0.25, -0.2) is 9.67 Å². The lowest BCUT2D eigenvalue weighted by Gasteiger charge is -2.14. The molecule has 0 bridgehead atoms. The van der Waals surface area contributed by atoms with Gasteiger partial charge in [-0.2, -0.15) is 5.10 Å². The average molecular weight is 492 g/mol. The maximum atomic E-state index is 12.7. The highest BCUT2D eigenvalue weighted by Crippen LogP contribution is 2.33. The second-order valence-electron chi connectivity index (χ2n) is 7.67. The molecule has 1 atom stereocenters. The molecule has 0 radical (unpaired) electrons. The third-order valence-electron chi connectivity index (χ3n) is 5.39. The molecule has 10 heteroatoms. The number of carbonyl (C=O) groups excluding carboxylic acids is 1. The molecule has 0 aliphatic rings. The van der Waals surface area contributed by atoms with E-state index in [0.29, 0.717) is 30.2 Å². The number of hydrogen-bond acceptors (Lipinski definition) is 8. The van der Waals surface area contributed by atoms with E-state index in [-0.39, 0.29) is 11.5 Å². The van der Waals surface area contributed by atoms with Crippen LogP contribution >= 0.6 is 11.3 Å². The van der Waals surface area contributed by atoms with Gasteiger partial charge in [-0.3, -0.25) is 14.6 Å². The van der Waals surface area contributed by atoms with E-state index in [1.165, 1.54) is 22.1 Å². The van der Waals surface area contributed by atoms with E-state index in [9.17, 15) is 9.59 Å². The Kier molecular flexibility index (Phi) is 7.51. The zero-order chi connectivity index (χ0) is 24.8. The van der Waals surface area contributed by atoms with Crippen molar-refractivity contribution in [2.75, 3.05) is 20.8 Å². The third-order valence-corrected chi connectivity index (χ3v) is 6.33. The van der Waals surface area contributed by atoms with Gasteiger partial charge < -0.3 is 14.8 Å². The predicted octanol–water partition coefficient (Wildman–Crippen LogP) is 3.37. The van der Waals surface area contributed by atoms with Gasteiger partial charge in [0.1, 0.15) is 11.0 Å². The van der Waals surface area contributed by atoms with Crippen LogP contribution in [0.2, 0.25) is 0 Å². The smallest absolute Gasteiger partial charge is 0.267 e. The fourth-order valence-corrected chi connectivity index (χ4v) is 4.32. The number of pyridine rings is 1. The molecular formula is C25H25N5O4S. The average Bonchev–Trinajstić information content (AvgIpc) is 3.37. The lowest BCUT2D eigenvalue weighted by atomic mass is 10.2. The van der Waals surface area contributed by atoms with Crippen LogP contribution in [0, 0.1) is 0 Å². The Balaban J connectivity index is 1.38. The van der Waals surface area contributed by atoms with Gasteiger partial charge in [-0.1, -0.05) is 0 Å². The number of rotatable bonds is 9. The molecular weight excluding hydrogens is 466 g/mol. The van der Waals surface area contributed by atoms with Gasteiger partial charge in [0, 0.05) is 47.9 Å². The maximum absolute atomic E-state index is 12.7. The first kappa shape index (κ1) is 24.1. The molecule has 1 unspecified atom stereocenters. The molecule has 3 aromatic heterocycles. The Morgan fingerprint density at radius 1 is 1.11 bits per heavy atom. The van der Waals surface area contributed by atoms with E-state index in [1.54, 1.807) is 45.7 Å². The number of aromatic nitrogens is 4. The lowest BCUT2D eigenvalue weighted by Crippen LogP contribution is -2.37. The van der Waals surface area contributed by atoms with Crippen molar-refractivity contribution < 1.29 is 14.3 Å². The summed E-state index contributed by atoms with van der Waals surface area (Å²) in [5, 5.41) is 10.1. The number of thiazole rings is 1. The van der Waals surface area contributed by atoms with E-state index >= 15 is 0 Å². The first-order chi connectivity index (χ1) is 17.0. The normalized spacial score (nSPS) is 11.6. The van der Waals surface area contributed by atoms with Gasteiger partial charge in [0.15, 0.2) is 11.5 Å². The van der Waals surface area contributed by atoms with E-state index in [2.05, 4.69) is 20.4 Å². The Hall–Kier alpha value is -4.05. The van der Waals surface area contributed by atoms with Crippen molar-refractivity contribution in [3.63, 3.8) is 0 Å². The molecule has 3 heterocycles. The highest BCUT2D eigenvalue weighted by molar-refractivity contribution is 7.13. The maximum Gasteiger partial charge on any atom is 0.267 e. The molecule has 1 aromatic carbocycles. The van der Waals surface area contributed by atoms with Gasteiger partial charge in [-0.05, 0) is 43.3 Å². The molecule has 1 amide bonds. The Morgan fingerprint density at radius 2 is 1.94 bits per heavy atom. The largest absolute Gasteiger partial charge is 0.493 e. The van der Waals surface area contributed by atoms with Crippen molar-refractivity contribution in [3.8, 4) is 33.3 Å². The summed E-state index contributed by atoms with van der Waals surface area (Å²) in [5.41, 5.74) is 2.78. The molecule has 0 aliphatic heterocycles. The number of ether oxygens (including phenoxy) is 2. The van der Waals surface area contributed by atoms with E-state index in [1.807, 2.05) is 29.6 Å². The van der Waals surface area contributed by atoms with Gasteiger partial charge in [-0.15, -0.1) is 11.3 Å². The molecule has 0 fully saturated rings. The summed E-state index contributed by atoms with van der Waals surface area (Å²) in [6, 6.07) is 11.6. The van der Waals surface area contributed by atoms with E-state index in [4.69, 9.17) is 9.47 Å². The first-order valence-corrected chi connectivity index (χ1v) is 11.8. The molecule has 0 aliphatic carbocycles. The van der Waals surface area contributed by atoms with Crippen LogP contribution in [0.15, 0.2) is 65.0 Å². The molecule has 4 rings (SSSR count). The van der Waals surface area contributed by atoms with Gasteiger partial charge >= 0.3 is 0 Å². The number of methoxy groups -OCH3 is 2. The highest BCUT2D eigenvalue weighted by Gasteiger charge is 2.18. The van der Waals surface area contributed by atoms with Crippen molar-refractivity contribution in [2.24, 2.45) is 0 Å². The second kappa shape index (κ2) is 10.9. The lowest BCUT2D eigenvalue weighted by molar-refractivity contribution is -0.124. The fraction of sp³-hybridized carbons (Fsp3) is 0.240. The monoisotopic (exact) mass is 491 g/mol. The number of carbonyl (C=O) groups is 1. The number of hydrogen-bond donors (Lipinski definition) is 1. The molecule has 9 nitrogen and oxygen atoms in total. The van der Waals surface area contributed by atoms with Crippen LogP contribution in [-0.2, 0) is 11.2 Å². The minimum atomic E-state index is -0.767. The summed E-state index contributed by atoms with van der Waals surface area (Å²) >= 11 is 1.52. The predicted molar refractivity (Wildman–Crippen MR) is 134 cm³/mol. The summed E-state index contributed by atoms with van der Waals surface area (Å²) in [6.07, 6.45) is 3.88. The van der Waals surface area contributed by atoms with Crippen LogP contribution in [0.1, 0.15) is 18.7 Å². The molecule has 0 spiro atoms. The Bertz CT molecular complexity index is 1370. The minimum Gasteiger partial charge on any atom is -0.493 e. The van der Waals surface area contributed by atoms with Crippen molar-refractivity contribution in [1.29, 1.82) is 0 Å². The third kappa shape index (κ3) is 5.55. The summed E-state index contributed by atoms with van der Waals surface area (Å²) in [7, 11) is 3.19. The van der Waals surface area contributed by atoms with Crippen LogP contribution in [-0.4, -0.2) is 46.4 Å². The molecule has 0 saturated carbocycles. The summed E-state index contributed by atoms with van der Waals surface area (Å²) in [5.74, 6) is 1.00.